The zero-order chi connectivity index (χ0) is 20.1. The third-order valence-corrected chi connectivity index (χ3v) is 5.39. The predicted molar refractivity (Wildman–Crippen MR) is 108 cm³/mol. The van der Waals surface area contributed by atoms with Gasteiger partial charge in [-0.2, -0.15) is 0 Å². The first-order chi connectivity index (χ1) is 13.4. The molecule has 148 valence electrons. The molecule has 3 amide bonds. The van der Waals surface area contributed by atoms with E-state index < -0.39 is 5.25 Å². The molecule has 1 fully saturated rings. The van der Waals surface area contributed by atoms with Gasteiger partial charge in [0.25, 0.3) is 0 Å². The minimum absolute atomic E-state index is 0.126. The van der Waals surface area contributed by atoms with E-state index in [1.807, 2.05) is 12.1 Å². The number of hydrogen-bond acceptors (Lipinski definition) is 6. The summed E-state index contributed by atoms with van der Waals surface area (Å²) < 4.78 is 4.90. The number of rotatable bonds is 7. The van der Waals surface area contributed by atoms with E-state index in [9.17, 15) is 14.4 Å². The van der Waals surface area contributed by atoms with Crippen LogP contribution in [0, 0.1) is 6.92 Å². The molecule has 0 saturated carbocycles. The van der Waals surface area contributed by atoms with Gasteiger partial charge < -0.3 is 20.1 Å². The maximum Gasteiger partial charge on any atom is 0.238 e. The Bertz CT molecular complexity index is 865. The van der Waals surface area contributed by atoms with Gasteiger partial charge in [0, 0.05) is 30.4 Å². The van der Waals surface area contributed by atoms with Crippen LogP contribution in [0.25, 0.3) is 0 Å². The molecule has 0 aliphatic carbocycles. The number of anilines is 3. The molecule has 1 saturated heterocycles. The lowest BCUT2D eigenvalue weighted by Crippen LogP contribution is -2.25. The average Bonchev–Trinajstić information content (AvgIpc) is 3.28. The number of thioether (sulfide) groups is 1. The van der Waals surface area contributed by atoms with Gasteiger partial charge in [-0.3, -0.25) is 14.4 Å². The highest BCUT2D eigenvalue weighted by molar-refractivity contribution is 8.01. The van der Waals surface area contributed by atoms with Crippen molar-refractivity contribution in [3.63, 3.8) is 0 Å². The third-order valence-electron chi connectivity index (χ3n) is 4.25. The molecule has 0 spiro atoms. The van der Waals surface area contributed by atoms with Crippen molar-refractivity contribution in [2.24, 2.45) is 0 Å². The molecule has 0 radical (unpaired) electrons. The Morgan fingerprint density at radius 1 is 1.29 bits per heavy atom. The molecule has 1 aromatic heterocycles. The minimum atomic E-state index is -0.425. The van der Waals surface area contributed by atoms with E-state index >= 15 is 0 Å². The fourth-order valence-corrected chi connectivity index (χ4v) is 3.46. The van der Waals surface area contributed by atoms with E-state index in [0.29, 0.717) is 23.7 Å². The number of carbonyl (C=O) groups excluding carboxylic acids is 3. The van der Waals surface area contributed by atoms with Gasteiger partial charge in [-0.25, -0.2) is 0 Å². The largest absolute Gasteiger partial charge is 0.360 e. The molecule has 1 aromatic carbocycles. The molecule has 9 heteroatoms. The molecule has 2 heterocycles. The van der Waals surface area contributed by atoms with Gasteiger partial charge in [0.1, 0.15) is 5.76 Å². The molecule has 28 heavy (non-hydrogen) atoms. The quantitative estimate of drug-likeness (QED) is 0.738. The van der Waals surface area contributed by atoms with Crippen LogP contribution in [0.4, 0.5) is 17.2 Å². The van der Waals surface area contributed by atoms with Gasteiger partial charge in [0.2, 0.25) is 17.7 Å². The second-order valence-corrected chi connectivity index (χ2v) is 7.84. The van der Waals surface area contributed by atoms with Gasteiger partial charge in [0.15, 0.2) is 5.82 Å². The number of amides is 3. The summed E-state index contributed by atoms with van der Waals surface area (Å²) in [5.41, 5.74) is 1.49. The summed E-state index contributed by atoms with van der Waals surface area (Å²) in [4.78, 5) is 37.8. The van der Waals surface area contributed by atoms with Crippen LogP contribution in [0.5, 0.6) is 0 Å². The first-order valence-corrected chi connectivity index (χ1v) is 10.0. The first-order valence-electron chi connectivity index (χ1n) is 8.98. The van der Waals surface area contributed by atoms with Crippen molar-refractivity contribution < 1.29 is 18.9 Å². The molecule has 1 atom stereocenters. The van der Waals surface area contributed by atoms with Crippen LogP contribution in [0.15, 0.2) is 34.9 Å². The van der Waals surface area contributed by atoms with Crippen LogP contribution in [-0.2, 0) is 14.4 Å². The number of carbonyl (C=O) groups is 3. The lowest BCUT2D eigenvalue weighted by Gasteiger charge is -2.16. The van der Waals surface area contributed by atoms with E-state index in [4.69, 9.17) is 4.52 Å². The van der Waals surface area contributed by atoms with Crippen molar-refractivity contribution in [2.45, 2.75) is 31.9 Å². The predicted octanol–water partition coefficient (Wildman–Crippen LogP) is 2.81. The van der Waals surface area contributed by atoms with Crippen LogP contribution in [0.2, 0.25) is 0 Å². The summed E-state index contributed by atoms with van der Waals surface area (Å²) in [5, 5.41) is 8.72. The highest BCUT2D eigenvalue weighted by atomic mass is 32.2. The number of benzene rings is 1. The van der Waals surface area contributed by atoms with Crippen LogP contribution in [0.3, 0.4) is 0 Å². The van der Waals surface area contributed by atoms with Crippen molar-refractivity contribution in [2.75, 3.05) is 27.8 Å². The summed E-state index contributed by atoms with van der Waals surface area (Å²) >= 11 is 1.23. The topological polar surface area (TPSA) is 105 Å². The van der Waals surface area contributed by atoms with Crippen molar-refractivity contribution in [3.8, 4) is 0 Å². The van der Waals surface area contributed by atoms with Crippen LogP contribution in [0.1, 0.15) is 25.5 Å². The normalized spacial score (nSPS) is 14.8. The molecule has 1 aliphatic heterocycles. The van der Waals surface area contributed by atoms with Crippen molar-refractivity contribution in [3.05, 3.63) is 36.1 Å². The molecule has 0 bridgehead atoms. The Morgan fingerprint density at radius 3 is 2.64 bits per heavy atom. The number of hydrogen-bond donors (Lipinski definition) is 2. The fraction of sp³-hybridized carbons (Fsp3) is 0.368. The van der Waals surface area contributed by atoms with Crippen LogP contribution < -0.4 is 15.5 Å². The smallest absolute Gasteiger partial charge is 0.238 e. The summed E-state index contributed by atoms with van der Waals surface area (Å²) in [6, 6.07) is 8.81. The Morgan fingerprint density at radius 2 is 2.04 bits per heavy atom. The highest BCUT2D eigenvalue weighted by Gasteiger charge is 2.21. The van der Waals surface area contributed by atoms with Crippen LogP contribution >= 0.6 is 11.8 Å². The third kappa shape index (κ3) is 5.13. The van der Waals surface area contributed by atoms with Gasteiger partial charge >= 0.3 is 0 Å². The van der Waals surface area contributed by atoms with E-state index in [-0.39, 0.29) is 23.5 Å². The van der Waals surface area contributed by atoms with Gasteiger partial charge in [0.05, 0.1) is 11.0 Å². The molecule has 0 unspecified atom stereocenters. The number of nitrogens with zero attached hydrogens (tertiary/aromatic N) is 2. The summed E-state index contributed by atoms with van der Waals surface area (Å²) in [7, 11) is 0. The highest BCUT2D eigenvalue weighted by Crippen LogP contribution is 2.23. The second-order valence-electron chi connectivity index (χ2n) is 6.51. The standard InChI is InChI=1S/C19H22N4O4S/c1-12-10-16(22-27-12)21-19(26)13(2)28-11-17(24)20-14-5-7-15(8-6-14)23-9-3-4-18(23)25/h5-8,10,13H,3-4,9,11H2,1-2H3,(H,20,24)(H,21,22,26)/t13-/m1/s1. The summed E-state index contributed by atoms with van der Waals surface area (Å²) in [6.07, 6.45) is 1.45. The van der Waals surface area contributed by atoms with Gasteiger partial charge in [-0.1, -0.05) is 5.16 Å². The van der Waals surface area contributed by atoms with Crippen molar-refractivity contribution in [1.29, 1.82) is 0 Å². The summed E-state index contributed by atoms with van der Waals surface area (Å²) in [5.74, 6) is 0.781. The Hall–Kier alpha value is -2.81. The maximum absolute atomic E-state index is 12.1. The SMILES string of the molecule is Cc1cc(NC(=O)[C@@H](C)SCC(=O)Nc2ccc(N3CCCC3=O)cc2)no1. The van der Waals surface area contributed by atoms with E-state index in [1.54, 1.807) is 36.9 Å². The molecular weight excluding hydrogens is 380 g/mol. The molecular formula is C19H22N4O4S. The monoisotopic (exact) mass is 402 g/mol. The van der Waals surface area contributed by atoms with E-state index in [2.05, 4.69) is 15.8 Å². The number of nitrogens with one attached hydrogen (secondary N) is 2. The van der Waals surface area contributed by atoms with E-state index in [0.717, 1.165) is 18.7 Å². The first kappa shape index (κ1) is 19.9. The van der Waals surface area contributed by atoms with Crippen molar-refractivity contribution >= 4 is 46.7 Å². The Labute approximate surface area is 167 Å². The Kier molecular flexibility index (Phi) is 6.35. The van der Waals surface area contributed by atoms with E-state index in [1.165, 1.54) is 11.8 Å². The second kappa shape index (κ2) is 8.92. The molecule has 8 nitrogen and oxygen atoms in total. The molecule has 3 rings (SSSR count). The van der Waals surface area contributed by atoms with Gasteiger partial charge in [-0.05, 0) is 44.5 Å². The van der Waals surface area contributed by atoms with Crippen LogP contribution in [-0.4, -0.2) is 40.4 Å². The fourth-order valence-electron chi connectivity index (χ4n) is 2.77. The Balaban J connectivity index is 1.44. The van der Waals surface area contributed by atoms with Gasteiger partial charge in [-0.15, -0.1) is 11.8 Å². The molecule has 2 aromatic rings. The van der Waals surface area contributed by atoms with Crippen molar-refractivity contribution in [1.82, 2.24) is 5.16 Å². The lowest BCUT2D eigenvalue weighted by atomic mass is 10.2. The molecule has 1 aliphatic rings. The number of aromatic nitrogens is 1. The minimum Gasteiger partial charge on any atom is -0.360 e. The zero-order valence-electron chi connectivity index (χ0n) is 15.7. The lowest BCUT2D eigenvalue weighted by molar-refractivity contribution is -0.117. The summed E-state index contributed by atoms with van der Waals surface area (Å²) in [6.45, 7) is 4.19. The zero-order valence-corrected chi connectivity index (χ0v) is 16.5. The number of aryl methyl sites for hydroxylation is 1. The average molecular weight is 402 g/mol. The maximum atomic E-state index is 12.1. The molecule has 2 N–H and O–H groups in total.